The van der Waals surface area contributed by atoms with Gasteiger partial charge in [0.25, 0.3) is 0 Å². The van der Waals surface area contributed by atoms with Crippen LogP contribution >= 0.6 is 39.1 Å². The van der Waals surface area contributed by atoms with Crippen LogP contribution in [0.5, 0.6) is 0 Å². The first-order valence-corrected chi connectivity index (χ1v) is 6.69. The van der Waals surface area contributed by atoms with Gasteiger partial charge in [-0.25, -0.2) is 4.39 Å². The lowest BCUT2D eigenvalue weighted by Gasteiger charge is -2.14. The molecule has 18 heavy (non-hydrogen) atoms. The van der Waals surface area contributed by atoms with Gasteiger partial charge in [0.15, 0.2) is 0 Å². The molecule has 0 fully saturated rings. The maximum atomic E-state index is 13.2. The highest BCUT2D eigenvalue weighted by Crippen LogP contribution is 2.28. The Kier molecular flexibility index (Phi) is 4.28. The smallest absolute Gasteiger partial charge is 0.137 e. The molecule has 0 spiro atoms. The molecule has 0 saturated carbocycles. The van der Waals surface area contributed by atoms with Crippen molar-refractivity contribution in [2.24, 2.45) is 5.73 Å². The molecule has 1 unspecified atom stereocenters. The van der Waals surface area contributed by atoms with Gasteiger partial charge in [-0.15, -0.1) is 0 Å². The molecule has 0 aliphatic rings. The molecule has 2 rings (SSSR count). The molecule has 0 radical (unpaired) electrons. The first-order chi connectivity index (χ1) is 8.47. The molecular formula is C13H9BrCl2FN. The summed E-state index contributed by atoms with van der Waals surface area (Å²) in [6.07, 6.45) is 0. The first-order valence-electron chi connectivity index (χ1n) is 5.14. The van der Waals surface area contributed by atoms with Crippen molar-refractivity contribution in [3.8, 4) is 0 Å². The normalized spacial score (nSPS) is 12.5. The zero-order valence-electron chi connectivity index (χ0n) is 9.13. The summed E-state index contributed by atoms with van der Waals surface area (Å²) in [6.45, 7) is 0. The Morgan fingerprint density at radius 3 is 2.17 bits per heavy atom. The number of halogens is 4. The van der Waals surface area contributed by atoms with Crippen LogP contribution in [0.15, 0.2) is 40.9 Å². The molecule has 2 N–H and O–H groups in total. The van der Waals surface area contributed by atoms with E-state index in [1.165, 1.54) is 6.07 Å². The zero-order chi connectivity index (χ0) is 13.3. The lowest BCUT2D eigenvalue weighted by molar-refractivity contribution is 0.619. The van der Waals surface area contributed by atoms with Gasteiger partial charge in [-0.2, -0.15) is 0 Å². The van der Waals surface area contributed by atoms with Crippen molar-refractivity contribution >= 4 is 39.1 Å². The van der Waals surface area contributed by atoms with Gasteiger partial charge >= 0.3 is 0 Å². The molecule has 0 aliphatic carbocycles. The van der Waals surface area contributed by atoms with Gasteiger partial charge in [0.05, 0.1) is 10.5 Å². The van der Waals surface area contributed by atoms with Crippen LogP contribution in [-0.4, -0.2) is 0 Å². The lowest BCUT2D eigenvalue weighted by atomic mass is 10.00. The van der Waals surface area contributed by atoms with Gasteiger partial charge in [0.2, 0.25) is 0 Å². The van der Waals surface area contributed by atoms with Crippen molar-refractivity contribution in [3.63, 3.8) is 0 Å². The largest absolute Gasteiger partial charge is 0.320 e. The molecule has 0 aliphatic heterocycles. The van der Waals surface area contributed by atoms with Gasteiger partial charge in [-0.1, -0.05) is 29.3 Å². The second-order valence-corrected chi connectivity index (χ2v) is 5.58. The third-order valence-electron chi connectivity index (χ3n) is 2.55. The Hall–Kier alpha value is -0.610. The predicted molar refractivity (Wildman–Crippen MR) is 76.6 cm³/mol. The summed E-state index contributed by atoms with van der Waals surface area (Å²) in [5.41, 5.74) is 7.68. The van der Waals surface area contributed by atoms with Crippen LogP contribution in [0.2, 0.25) is 10.0 Å². The molecule has 0 aromatic heterocycles. The maximum absolute atomic E-state index is 13.2. The Morgan fingerprint density at radius 2 is 1.61 bits per heavy atom. The van der Waals surface area contributed by atoms with Crippen molar-refractivity contribution in [2.75, 3.05) is 0 Å². The van der Waals surface area contributed by atoms with E-state index in [-0.39, 0.29) is 5.82 Å². The van der Waals surface area contributed by atoms with Crippen molar-refractivity contribution in [1.29, 1.82) is 0 Å². The van der Waals surface area contributed by atoms with Crippen molar-refractivity contribution in [3.05, 3.63) is 67.9 Å². The van der Waals surface area contributed by atoms with Crippen molar-refractivity contribution in [2.45, 2.75) is 6.04 Å². The summed E-state index contributed by atoms with van der Waals surface area (Å²) in [7, 11) is 0. The highest BCUT2D eigenvalue weighted by Gasteiger charge is 2.12. The van der Waals surface area contributed by atoms with Crippen LogP contribution in [0.3, 0.4) is 0 Å². The van der Waals surface area contributed by atoms with E-state index in [9.17, 15) is 4.39 Å². The first kappa shape index (κ1) is 13.8. The van der Waals surface area contributed by atoms with E-state index in [1.807, 2.05) is 0 Å². The number of hydrogen-bond acceptors (Lipinski definition) is 1. The quantitative estimate of drug-likeness (QED) is 0.816. The number of nitrogens with two attached hydrogens (primary N) is 1. The Bertz CT molecular complexity index is 569. The van der Waals surface area contributed by atoms with Crippen molar-refractivity contribution in [1.82, 2.24) is 0 Å². The number of hydrogen-bond donors (Lipinski definition) is 1. The summed E-state index contributed by atoms with van der Waals surface area (Å²) in [5.74, 6) is -0.324. The molecular weight excluding hydrogens is 340 g/mol. The van der Waals surface area contributed by atoms with E-state index in [0.717, 1.165) is 11.1 Å². The van der Waals surface area contributed by atoms with E-state index in [0.29, 0.717) is 14.5 Å². The number of benzene rings is 2. The Morgan fingerprint density at radius 1 is 1.00 bits per heavy atom. The van der Waals surface area contributed by atoms with Crippen LogP contribution in [-0.2, 0) is 0 Å². The third kappa shape index (κ3) is 3.04. The molecule has 0 saturated heterocycles. The summed E-state index contributed by atoms with van der Waals surface area (Å²) >= 11 is 15.0. The lowest BCUT2D eigenvalue weighted by Crippen LogP contribution is -2.12. The standard InChI is InChI=1S/C13H9BrCl2FN/c14-11-5-7(1-2-12(11)17)13(18)8-3-9(15)6-10(16)4-8/h1-6,13H,18H2. The van der Waals surface area contributed by atoms with Crippen LogP contribution in [0.1, 0.15) is 17.2 Å². The van der Waals surface area contributed by atoms with Crippen LogP contribution in [0.4, 0.5) is 4.39 Å². The predicted octanol–water partition coefficient (Wildman–Crippen LogP) is 4.94. The van der Waals surface area contributed by atoms with Crippen molar-refractivity contribution < 1.29 is 4.39 Å². The van der Waals surface area contributed by atoms with Gasteiger partial charge in [-0.05, 0) is 57.4 Å². The minimum Gasteiger partial charge on any atom is -0.320 e. The molecule has 0 amide bonds. The van der Waals surface area contributed by atoms with Crippen LogP contribution in [0.25, 0.3) is 0 Å². The SMILES string of the molecule is NC(c1cc(Cl)cc(Cl)c1)c1ccc(F)c(Br)c1. The second kappa shape index (κ2) is 5.57. The van der Waals surface area contributed by atoms with E-state index in [2.05, 4.69) is 15.9 Å². The Labute approximate surface area is 123 Å². The molecule has 2 aromatic carbocycles. The second-order valence-electron chi connectivity index (χ2n) is 3.85. The maximum Gasteiger partial charge on any atom is 0.137 e. The van der Waals surface area contributed by atoms with E-state index < -0.39 is 6.04 Å². The van der Waals surface area contributed by atoms with Gasteiger partial charge in [-0.3, -0.25) is 0 Å². The Balaban J connectivity index is 2.40. The summed E-state index contributed by atoms with van der Waals surface area (Å²) in [5, 5.41) is 1.04. The summed E-state index contributed by atoms with van der Waals surface area (Å²) in [6, 6.07) is 9.38. The van der Waals surface area contributed by atoms with E-state index in [1.54, 1.807) is 30.3 Å². The van der Waals surface area contributed by atoms with Gasteiger partial charge in [0, 0.05) is 10.0 Å². The molecule has 1 atom stereocenters. The van der Waals surface area contributed by atoms with Crippen LogP contribution < -0.4 is 5.73 Å². The molecule has 0 heterocycles. The van der Waals surface area contributed by atoms with Gasteiger partial charge < -0.3 is 5.73 Å². The number of rotatable bonds is 2. The molecule has 1 nitrogen and oxygen atoms in total. The average molecular weight is 349 g/mol. The fourth-order valence-corrected chi connectivity index (χ4v) is 2.59. The average Bonchev–Trinajstić information content (AvgIpc) is 2.30. The topological polar surface area (TPSA) is 26.0 Å². The third-order valence-corrected chi connectivity index (χ3v) is 3.59. The van der Waals surface area contributed by atoms with E-state index >= 15 is 0 Å². The monoisotopic (exact) mass is 347 g/mol. The fourth-order valence-electron chi connectivity index (χ4n) is 1.65. The van der Waals surface area contributed by atoms with Crippen LogP contribution in [0, 0.1) is 5.82 Å². The highest BCUT2D eigenvalue weighted by atomic mass is 79.9. The summed E-state index contributed by atoms with van der Waals surface area (Å²) in [4.78, 5) is 0. The van der Waals surface area contributed by atoms with E-state index in [4.69, 9.17) is 28.9 Å². The minimum absolute atomic E-state index is 0.324. The highest BCUT2D eigenvalue weighted by molar-refractivity contribution is 9.10. The van der Waals surface area contributed by atoms with Gasteiger partial charge in [0.1, 0.15) is 5.82 Å². The molecule has 5 heteroatoms. The molecule has 0 bridgehead atoms. The molecule has 94 valence electrons. The fraction of sp³-hybridized carbons (Fsp3) is 0.0769. The summed E-state index contributed by atoms with van der Waals surface area (Å²) < 4.78 is 13.5. The zero-order valence-corrected chi connectivity index (χ0v) is 12.2. The molecule has 2 aromatic rings. The minimum atomic E-state index is -0.405.